The largest absolute Gasteiger partial charge is 0.320 e. The second-order valence-corrected chi connectivity index (χ2v) is 4.84. The highest BCUT2D eigenvalue weighted by atomic mass is 19.3. The van der Waals surface area contributed by atoms with Gasteiger partial charge in [0.05, 0.1) is 11.6 Å². The van der Waals surface area contributed by atoms with Gasteiger partial charge in [0.25, 0.3) is 5.92 Å². The van der Waals surface area contributed by atoms with Crippen molar-refractivity contribution in [3.63, 3.8) is 0 Å². The molecule has 82 valence electrons. The van der Waals surface area contributed by atoms with E-state index in [1.54, 1.807) is 0 Å². The SMILES string of the molecule is CC1(N)CCN2CCCCC2C1(F)F. The van der Waals surface area contributed by atoms with E-state index in [-0.39, 0.29) is 0 Å². The molecule has 0 bridgehead atoms. The fourth-order valence-electron chi connectivity index (χ4n) is 2.59. The van der Waals surface area contributed by atoms with E-state index in [0.717, 1.165) is 25.9 Å². The molecule has 2 nitrogen and oxygen atoms in total. The monoisotopic (exact) mass is 204 g/mol. The number of alkyl halides is 2. The molecule has 0 aromatic heterocycles. The Labute approximate surface area is 83.4 Å². The van der Waals surface area contributed by atoms with Gasteiger partial charge in [-0.2, -0.15) is 0 Å². The van der Waals surface area contributed by atoms with Crippen LogP contribution in [-0.4, -0.2) is 35.5 Å². The molecule has 0 spiro atoms. The molecule has 0 aromatic carbocycles. The zero-order valence-corrected chi connectivity index (χ0v) is 8.60. The number of nitrogens with zero attached hydrogens (tertiary/aromatic N) is 1. The topological polar surface area (TPSA) is 29.3 Å². The number of hydrogen-bond acceptors (Lipinski definition) is 2. The summed E-state index contributed by atoms with van der Waals surface area (Å²) in [6, 6.07) is -0.611. The summed E-state index contributed by atoms with van der Waals surface area (Å²) in [5.74, 6) is -2.73. The van der Waals surface area contributed by atoms with E-state index in [1.165, 1.54) is 6.92 Å². The van der Waals surface area contributed by atoms with Crippen LogP contribution in [0.3, 0.4) is 0 Å². The highest BCUT2D eigenvalue weighted by molar-refractivity contribution is 5.07. The number of fused-ring (bicyclic) bond motifs is 1. The van der Waals surface area contributed by atoms with Crippen molar-refractivity contribution in [2.45, 2.75) is 50.1 Å². The molecule has 2 fully saturated rings. The van der Waals surface area contributed by atoms with Crippen LogP contribution in [0, 0.1) is 0 Å². The Morgan fingerprint density at radius 2 is 2.00 bits per heavy atom. The zero-order chi connectivity index (χ0) is 10.4. The van der Waals surface area contributed by atoms with Gasteiger partial charge in [-0.3, -0.25) is 4.90 Å². The first-order valence-electron chi connectivity index (χ1n) is 5.36. The Morgan fingerprint density at radius 3 is 2.71 bits per heavy atom. The highest BCUT2D eigenvalue weighted by Crippen LogP contribution is 2.42. The number of nitrogens with two attached hydrogens (primary N) is 1. The first kappa shape index (κ1) is 10.3. The average molecular weight is 204 g/mol. The highest BCUT2D eigenvalue weighted by Gasteiger charge is 2.58. The van der Waals surface area contributed by atoms with Gasteiger partial charge in [-0.05, 0) is 32.7 Å². The summed E-state index contributed by atoms with van der Waals surface area (Å²) in [5.41, 5.74) is 4.37. The van der Waals surface area contributed by atoms with Crippen LogP contribution in [0.1, 0.15) is 32.6 Å². The van der Waals surface area contributed by atoms with Crippen LogP contribution in [0.15, 0.2) is 0 Å². The second kappa shape index (κ2) is 3.14. The van der Waals surface area contributed by atoms with Crippen LogP contribution in [0.25, 0.3) is 0 Å². The van der Waals surface area contributed by atoms with Gasteiger partial charge in [-0.15, -0.1) is 0 Å². The summed E-state index contributed by atoms with van der Waals surface area (Å²) in [6.07, 6.45) is 2.96. The predicted molar refractivity (Wildman–Crippen MR) is 51.4 cm³/mol. The van der Waals surface area contributed by atoms with Gasteiger partial charge >= 0.3 is 0 Å². The molecule has 0 aromatic rings. The molecule has 2 saturated heterocycles. The van der Waals surface area contributed by atoms with Crippen molar-refractivity contribution in [2.24, 2.45) is 5.73 Å². The summed E-state index contributed by atoms with van der Waals surface area (Å²) in [6.45, 7) is 3.03. The zero-order valence-electron chi connectivity index (χ0n) is 8.60. The summed E-state index contributed by atoms with van der Waals surface area (Å²) in [7, 11) is 0. The summed E-state index contributed by atoms with van der Waals surface area (Å²) >= 11 is 0. The van der Waals surface area contributed by atoms with Crippen LogP contribution in [0.5, 0.6) is 0 Å². The third-order valence-corrected chi connectivity index (χ3v) is 3.71. The second-order valence-electron chi connectivity index (χ2n) is 4.84. The van der Waals surface area contributed by atoms with Crippen molar-refractivity contribution < 1.29 is 8.78 Å². The summed E-state index contributed by atoms with van der Waals surface area (Å²) in [4.78, 5) is 1.91. The summed E-state index contributed by atoms with van der Waals surface area (Å²) in [5, 5.41) is 0. The fourth-order valence-corrected chi connectivity index (χ4v) is 2.59. The lowest BCUT2D eigenvalue weighted by Crippen LogP contribution is -2.69. The molecule has 2 aliphatic rings. The lowest BCUT2D eigenvalue weighted by molar-refractivity contribution is -0.168. The van der Waals surface area contributed by atoms with Crippen LogP contribution >= 0.6 is 0 Å². The Morgan fingerprint density at radius 1 is 1.29 bits per heavy atom. The van der Waals surface area contributed by atoms with Crippen molar-refractivity contribution in [3.8, 4) is 0 Å². The van der Waals surface area contributed by atoms with Gasteiger partial charge in [-0.1, -0.05) is 6.42 Å². The molecule has 2 atom stereocenters. The molecular weight excluding hydrogens is 186 g/mol. The molecule has 2 N–H and O–H groups in total. The van der Waals surface area contributed by atoms with E-state index in [1.807, 2.05) is 4.90 Å². The average Bonchev–Trinajstić information content (AvgIpc) is 2.13. The van der Waals surface area contributed by atoms with E-state index in [9.17, 15) is 8.78 Å². The summed E-state index contributed by atoms with van der Waals surface area (Å²) < 4.78 is 27.9. The van der Waals surface area contributed by atoms with Gasteiger partial charge in [0.2, 0.25) is 0 Å². The molecule has 14 heavy (non-hydrogen) atoms. The molecule has 2 aliphatic heterocycles. The molecule has 0 saturated carbocycles. The standard InChI is InChI=1S/C10H18F2N2/c1-9(13)5-7-14-6-3-2-4-8(14)10(9,11)12/h8H,2-7,13H2,1H3. The number of halogens is 2. The Hall–Kier alpha value is -0.220. The third-order valence-electron chi connectivity index (χ3n) is 3.71. The van der Waals surface area contributed by atoms with Gasteiger partial charge < -0.3 is 5.73 Å². The molecule has 0 amide bonds. The van der Waals surface area contributed by atoms with E-state index in [4.69, 9.17) is 5.73 Å². The fraction of sp³-hybridized carbons (Fsp3) is 1.00. The normalized spacial score (nSPS) is 43.3. The number of hydrogen-bond donors (Lipinski definition) is 1. The van der Waals surface area contributed by atoms with E-state index in [2.05, 4.69) is 0 Å². The van der Waals surface area contributed by atoms with E-state index >= 15 is 0 Å². The molecule has 4 heteroatoms. The van der Waals surface area contributed by atoms with Crippen molar-refractivity contribution in [2.75, 3.05) is 13.1 Å². The van der Waals surface area contributed by atoms with Crippen molar-refractivity contribution in [1.82, 2.24) is 4.90 Å². The molecule has 2 rings (SSSR count). The van der Waals surface area contributed by atoms with Crippen LogP contribution in [-0.2, 0) is 0 Å². The Kier molecular flexibility index (Phi) is 2.31. The minimum atomic E-state index is -2.73. The van der Waals surface area contributed by atoms with E-state index < -0.39 is 17.5 Å². The van der Waals surface area contributed by atoms with Crippen molar-refractivity contribution >= 4 is 0 Å². The Balaban J connectivity index is 2.22. The maximum atomic E-state index is 14.0. The van der Waals surface area contributed by atoms with Gasteiger partial charge in [0.1, 0.15) is 0 Å². The molecular formula is C10H18F2N2. The quantitative estimate of drug-likeness (QED) is 0.649. The van der Waals surface area contributed by atoms with Gasteiger partial charge in [0.15, 0.2) is 0 Å². The minimum absolute atomic E-state index is 0.399. The number of rotatable bonds is 0. The first-order chi connectivity index (χ1) is 6.45. The lowest BCUT2D eigenvalue weighted by atomic mass is 9.78. The molecule has 2 unspecified atom stereocenters. The smallest absolute Gasteiger partial charge is 0.280 e. The number of piperidine rings is 2. The van der Waals surface area contributed by atoms with Crippen LogP contribution in [0.2, 0.25) is 0 Å². The molecule has 2 heterocycles. The van der Waals surface area contributed by atoms with E-state index in [0.29, 0.717) is 12.8 Å². The van der Waals surface area contributed by atoms with Crippen LogP contribution in [0.4, 0.5) is 8.78 Å². The van der Waals surface area contributed by atoms with Gasteiger partial charge in [0, 0.05) is 6.54 Å². The maximum Gasteiger partial charge on any atom is 0.280 e. The predicted octanol–water partition coefficient (Wildman–Crippen LogP) is 1.60. The van der Waals surface area contributed by atoms with Crippen molar-refractivity contribution in [3.05, 3.63) is 0 Å². The molecule has 0 radical (unpaired) electrons. The first-order valence-corrected chi connectivity index (χ1v) is 5.36. The minimum Gasteiger partial charge on any atom is -0.320 e. The maximum absolute atomic E-state index is 14.0. The third kappa shape index (κ3) is 1.36. The Bertz CT molecular complexity index is 228. The molecule has 0 aliphatic carbocycles. The van der Waals surface area contributed by atoms with Crippen LogP contribution < -0.4 is 5.73 Å². The van der Waals surface area contributed by atoms with Gasteiger partial charge in [-0.25, -0.2) is 8.78 Å². The lowest BCUT2D eigenvalue weighted by Gasteiger charge is -2.51. The van der Waals surface area contributed by atoms with Crippen molar-refractivity contribution in [1.29, 1.82) is 0 Å².